The minimum Gasteiger partial charge on any atom is -0.444 e. The third-order valence-corrected chi connectivity index (χ3v) is 4.43. The van der Waals surface area contributed by atoms with Crippen molar-refractivity contribution >= 4 is 39.0 Å². The zero-order valence-electron chi connectivity index (χ0n) is 13.5. The third-order valence-electron chi connectivity index (χ3n) is 2.88. The summed E-state index contributed by atoms with van der Waals surface area (Å²) in [5, 5.41) is 8.25. The maximum Gasteiger partial charge on any atom is 0.412 e. The molecule has 0 radical (unpaired) electrons. The first kappa shape index (κ1) is 18.0. The molecule has 0 saturated heterocycles. The van der Waals surface area contributed by atoms with Crippen LogP contribution in [0.1, 0.15) is 31.9 Å². The Kier molecular flexibility index (Phi) is 6.21. The van der Waals surface area contributed by atoms with Crippen LogP contribution in [0.3, 0.4) is 0 Å². The van der Waals surface area contributed by atoms with E-state index >= 15 is 0 Å². The molecule has 4 nitrogen and oxygen atoms in total. The van der Waals surface area contributed by atoms with Gasteiger partial charge in [-0.15, -0.1) is 11.3 Å². The van der Waals surface area contributed by atoms with Gasteiger partial charge in [0, 0.05) is 18.8 Å². The predicted molar refractivity (Wildman–Crippen MR) is 98.9 cm³/mol. The lowest BCUT2D eigenvalue weighted by molar-refractivity contribution is 0.0636. The second-order valence-electron chi connectivity index (χ2n) is 6.19. The number of benzene rings is 1. The molecule has 2 aromatic rings. The molecule has 0 unspecified atom stereocenters. The Bertz CT molecular complexity index is 647. The Labute approximate surface area is 149 Å². The summed E-state index contributed by atoms with van der Waals surface area (Å²) in [5.74, 6) is 0. The molecule has 1 amide bonds. The van der Waals surface area contributed by atoms with E-state index in [1.54, 1.807) is 11.3 Å². The molecule has 124 valence electrons. The van der Waals surface area contributed by atoms with Gasteiger partial charge < -0.3 is 10.1 Å². The number of rotatable bonds is 5. The Morgan fingerprint density at radius 2 is 1.83 bits per heavy atom. The van der Waals surface area contributed by atoms with Crippen molar-refractivity contribution in [2.24, 2.45) is 0 Å². The van der Waals surface area contributed by atoms with Gasteiger partial charge in [-0.05, 0) is 71.4 Å². The first-order valence-corrected chi connectivity index (χ1v) is 9.02. The highest BCUT2D eigenvalue weighted by atomic mass is 79.9. The molecule has 23 heavy (non-hydrogen) atoms. The van der Waals surface area contributed by atoms with Crippen molar-refractivity contribution in [3.05, 3.63) is 50.6 Å². The molecule has 0 aliphatic heterocycles. The Balaban J connectivity index is 1.79. The SMILES string of the molecule is CC(C)(C)OC(=O)Nc1ccc(CNCc2csc(Br)c2)cc1. The number of ether oxygens (including phenoxy) is 1. The van der Waals surface area contributed by atoms with Crippen molar-refractivity contribution in [3.8, 4) is 0 Å². The summed E-state index contributed by atoms with van der Waals surface area (Å²) in [4.78, 5) is 11.7. The normalized spacial score (nSPS) is 11.3. The average Bonchev–Trinajstić information content (AvgIpc) is 2.84. The van der Waals surface area contributed by atoms with Gasteiger partial charge in [-0.2, -0.15) is 0 Å². The van der Waals surface area contributed by atoms with E-state index in [-0.39, 0.29) is 0 Å². The molecule has 6 heteroatoms. The monoisotopic (exact) mass is 396 g/mol. The van der Waals surface area contributed by atoms with Crippen LogP contribution >= 0.6 is 27.3 Å². The van der Waals surface area contributed by atoms with E-state index in [4.69, 9.17) is 4.74 Å². The van der Waals surface area contributed by atoms with Gasteiger partial charge in [-0.25, -0.2) is 4.79 Å². The van der Waals surface area contributed by atoms with Crippen molar-refractivity contribution in [3.63, 3.8) is 0 Å². The number of hydrogen-bond donors (Lipinski definition) is 2. The number of carbonyl (C=O) groups is 1. The fourth-order valence-corrected chi connectivity index (χ4v) is 3.13. The summed E-state index contributed by atoms with van der Waals surface area (Å²) < 4.78 is 6.37. The van der Waals surface area contributed by atoms with Crippen LogP contribution in [0.15, 0.2) is 39.5 Å². The summed E-state index contributed by atoms with van der Waals surface area (Å²) in [6, 6.07) is 9.85. The predicted octanol–water partition coefficient (Wildman–Crippen LogP) is 5.15. The largest absolute Gasteiger partial charge is 0.444 e. The lowest BCUT2D eigenvalue weighted by atomic mass is 10.2. The quantitative estimate of drug-likeness (QED) is 0.734. The Morgan fingerprint density at radius 3 is 2.39 bits per heavy atom. The molecule has 1 aromatic carbocycles. The van der Waals surface area contributed by atoms with Crippen molar-refractivity contribution in [1.82, 2.24) is 5.32 Å². The number of carbonyl (C=O) groups excluding carboxylic acids is 1. The fraction of sp³-hybridized carbons (Fsp3) is 0.353. The molecular weight excluding hydrogens is 376 g/mol. The molecule has 0 aliphatic carbocycles. The molecule has 0 saturated carbocycles. The van der Waals surface area contributed by atoms with E-state index in [0.29, 0.717) is 0 Å². The molecule has 0 aliphatic rings. The molecule has 1 heterocycles. The van der Waals surface area contributed by atoms with Crippen LogP contribution < -0.4 is 10.6 Å². The highest BCUT2D eigenvalue weighted by Gasteiger charge is 2.15. The van der Waals surface area contributed by atoms with Crippen LogP contribution in [-0.2, 0) is 17.8 Å². The van der Waals surface area contributed by atoms with Gasteiger partial charge in [0.2, 0.25) is 0 Å². The summed E-state index contributed by atoms with van der Waals surface area (Å²) in [6.07, 6.45) is -0.439. The molecule has 2 rings (SSSR count). The maximum absolute atomic E-state index is 11.7. The number of thiophene rings is 1. The van der Waals surface area contributed by atoms with Gasteiger partial charge in [0.1, 0.15) is 5.60 Å². The number of amides is 1. The topological polar surface area (TPSA) is 50.4 Å². The van der Waals surface area contributed by atoms with Crippen molar-refractivity contribution in [1.29, 1.82) is 0 Å². The van der Waals surface area contributed by atoms with Crippen molar-refractivity contribution in [2.45, 2.75) is 39.5 Å². The van der Waals surface area contributed by atoms with Gasteiger partial charge in [-0.1, -0.05) is 12.1 Å². The van der Waals surface area contributed by atoms with E-state index < -0.39 is 11.7 Å². The fourth-order valence-electron chi connectivity index (χ4n) is 1.92. The van der Waals surface area contributed by atoms with E-state index in [2.05, 4.69) is 38.0 Å². The first-order chi connectivity index (χ1) is 10.8. The van der Waals surface area contributed by atoms with E-state index in [1.807, 2.05) is 45.0 Å². The van der Waals surface area contributed by atoms with E-state index in [9.17, 15) is 4.79 Å². The van der Waals surface area contributed by atoms with Crippen molar-refractivity contribution in [2.75, 3.05) is 5.32 Å². The van der Waals surface area contributed by atoms with Crippen LogP contribution in [0, 0.1) is 0 Å². The highest BCUT2D eigenvalue weighted by molar-refractivity contribution is 9.11. The smallest absolute Gasteiger partial charge is 0.412 e. The number of nitrogens with one attached hydrogen (secondary N) is 2. The second-order valence-corrected chi connectivity index (χ2v) is 8.48. The van der Waals surface area contributed by atoms with Gasteiger partial charge in [0.05, 0.1) is 3.79 Å². The number of anilines is 1. The van der Waals surface area contributed by atoms with Crippen LogP contribution in [0.4, 0.5) is 10.5 Å². The summed E-state index contributed by atoms with van der Waals surface area (Å²) >= 11 is 5.15. The average molecular weight is 397 g/mol. The Hall–Kier alpha value is -1.37. The minimum atomic E-state index is -0.495. The van der Waals surface area contributed by atoms with Gasteiger partial charge in [-0.3, -0.25) is 5.32 Å². The lowest BCUT2D eigenvalue weighted by Gasteiger charge is -2.19. The van der Waals surface area contributed by atoms with Crippen LogP contribution in [-0.4, -0.2) is 11.7 Å². The second kappa shape index (κ2) is 7.95. The molecule has 0 spiro atoms. The number of halogens is 1. The summed E-state index contributed by atoms with van der Waals surface area (Å²) in [6.45, 7) is 7.13. The van der Waals surface area contributed by atoms with E-state index in [1.165, 1.54) is 5.56 Å². The third kappa shape index (κ3) is 6.72. The lowest BCUT2D eigenvalue weighted by Crippen LogP contribution is -2.27. The van der Waals surface area contributed by atoms with Gasteiger partial charge in [0.25, 0.3) is 0 Å². The Morgan fingerprint density at radius 1 is 1.17 bits per heavy atom. The maximum atomic E-state index is 11.7. The first-order valence-electron chi connectivity index (χ1n) is 7.34. The zero-order chi connectivity index (χ0) is 16.9. The van der Waals surface area contributed by atoms with E-state index in [0.717, 1.165) is 28.1 Å². The summed E-state index contributed by atoms with van der Waals surface area (Å²) in [5.41, 5.74) is 2.66. The summed E-state index contributed by atoms with van der Waals surface area (Å²) in [7, 11) is 0. The zero-order valence-corrected chi connectivity index (χ0v) is 15.9. The van der Waals surface area contributed by atoms with Crippen LogP contribution in [0.5, 0.6) is 0 Å². The molecule has 1 aromatic heterocycles. The van der Waals surface area contributed by atoms with Crippen LogP contribution in [0.25, 0.3) is 0 Å². The highest BCUT2D eigenvalue weighted by Crippen LogP contribution is 2.20. The number of hydrogen-bond acceptors (Lipinski definition) is 4. The van der Waals surface area contributed by atoms with Crippen molar-refractivity contribution < 1.29 is 9.53 Å². The molecule has 0 bridgehead atoms. The molecule has 2 N–H and O–H groups in total. The standard InChI is InChI=1S/C17H21BrN2O2S/c1-17(2,3)22-16(21)20-14-6-4-12(5-7-14)9-19-10-13-8-15(18)23-11-13/h4-8,11,19H,9-10H2,1-3H3,(H,20,21). The van der Waals surface area contributed by atoms with Gasteiger partial charge in [0.15, 0.2) is 0 Å². The minimum absolute atomic E-state index is 0.439. The molecule has 0 fully saturated rings. The van der Waals surface area contributed by atoms with Crippen LogP contribution in [0.2, 0.25) is 0 Å². The molecular formula is C17H21BrN2O2S. The molecule has 0 atom stereocenters. The van der Waals surface area contributed by atoms with Gasteiger partial charge >= 0.3 is 6.09 Å².